The quantitative estimate of drug-likeness (QED) is 0.0538. The lowest BCUT2D eigenvalue weighted by atomic mass is 10.1. The molecular weight excluding hydrogens is 693 g/mol. The SMILES string of the molecule is CC(Sc1cccc(NC(=O)/C(=C\c2cccc(Cl)c2Cl)NC(=O)c2ccccc2)c1)C(=O)Nc1nc(-c2cccc([N+](=O)[O-])c2)cs1. The molecule has 3 N–H and O–H groups in total. The predicted octanol–water partition coefficient (Wildman–Crippen LogP) is 8.55. The van der Waals surface area contributed by atoms with Gasteiger partial charge in [-0.05, 0) is 55.0 Å². The van der Waals surface area contributed by atoms with E-state index in [9.17, 15) is 24.5 Å². The van der Waals surface area contributed by atoms with Crippen molar-refractivity contribution in [3.63, 3.8) is 0 Å². The van der Waals surface area contributed by atoms with Crippen LogP contribution >= 0.6 is 46.3 Å². The molecule has 14 heteroatoms. The number of hydrogen-bond acceptors (Lipinski definition) is 8. The second-order valence-corrected chi connectivity index (χ2v) is 13.2. The number of hydrogen-bond donors (Lipinski definition) is 3. The van der Waals surface area contributed by atoms with Crippen molar-refractivity contribution in [1.82, 2.24) is 10.3 Å². The molecule has 4 aromatic carbocycles. The highest BCUT2D eigenvalue weighted by Crippen LogP contribution is 2.31. The van der Waals surface area contributed by atoms with Crippen molar-refractivity contribution in [2.45, 2.75) is 17.1 Å². The van der Waals surface area contributed by atoms with Crippen LogP contribution in [0.2, 0.25) is 10.0 Å². The smallest absolute Gasteiger partial charge is 0.272 e. The lowest BCUT2D eigenvalue weighted by molar-refractivity contribution is -0.384. The van der Waals surface area contributed by atoms with Gasteiger partial charge in [-0.3, -0.25) is 24.5 Å². The van der Waals surface area contributed by atoms with Crippen LogP contribution in [-0.4, -0.2) is 32.9 Å². The van der Waals surface area contributed by atoms with E-state index in [0.29, 0.717) is 43.1 Å². The Morgan fingerprint density at radius 3 is 2.46 bits per heavy atom. The Kier molecular flexibility index (Phi) is 11.2. The van der Waals surface area contributed by atoms with E-state index in [1.165, 1.54) is 41.3 Å². The average Bonchev–Trinajstić information content (AvgIpc) is 3.55. The van der Waals surface area contributed by atoms with Crippen molar-refractivity contribution >= 4 is 86.6 Å². The molecule has 0 saturated carbocycles. The summed E-state index contributed by atoms with van der Waals surface area (Å²) in [7, 11) is 0. The standard InChI is InChI=1S/C34H25Cl2N5O5S2/c1-20(31(42)40-34-39-29(19-47-34)22-10-5-13-25(16-22)41(45)46)48-26-14-7-12-24(18-26)37-33(44)28(17-23-11-6-15-27(35)30(23)36)38-32(43)21-8-3-2-4-9-21/h2-20H,1H3,(H,37,44)(H,38,43)(H,39,40,42)/b28-17+. The molecule has 3 amide bonds. The molecular formula is C34H25Cl2N5O5S2. The van der Waals surface area contributed by atoms with E-state index in [-0.39, 0.29) is 22.3 Å². The summed E-state index contributed by atoms with van der Waals surface area (Å²) in [6.07, 6.45) is 1.44. The molecule has 0 bridgehead atoms. The number of nitrogens with one attached hydrogen (secondary N) is 3. The number of nitrogens with zero attached hydrogens (tertiary/aromatic N) is 2. The van der Waals surface area contributed by atoms with Crippen molar-refractivity contribution in [2.24, 2.45) is 0 Å². The summed E-state index contributed by atoms with van der Waals surface area (Å²) in [6.45, 7) is 1.73. The van der Waals surface area contributed by atoms with Crippen LogP contribution in [0.4, 0.5) is 16.5 Å². The summed E-state index contributed by atoms with van der Waals surface area (Å²) in [5.74, 6) is -1.40. The number of nitro benzene ring substituents is 1. The summed E-state index contributed by atoms with van der Waals surface area (Å²) in [6, 6.07) is 26.4. The van der Waals surface area contributed by atoms with Gasteiger partial charge in [-0.1, -0.05) is 71.7 Å². The first-order valence-corrected chi connectivity index (χ1v) is 16.7. The number of carbonyl (C=O) groups is 3. The molecule has 0 saturated heterocycles. The molecule has 1 heterocycles. The van der Waals surface area contributed by atoms with Crippen LogP contribution in [0.25, 0.3) is 17.3 Å². The van der Waals surface area contributed by atoms with Crippen LogP contribution in [0.1, 0.15) is 22.8 Å². The number of anilines is 2. The van der Waals surface area contributed by atoms with E-state index in [2.05, 4.69) is 20.9 Å². The van der Waals surface area contributed by atoms with Crippen molar-refractivity contribution in [3.8, 4) is 11.3 Å². The van der Waals surface area contributed by atoms with Gasteiger partial charge in [-0.2, -0.15) is 0 Å². The van der Waals surface area contributed by atoms with Crippen molar-refractivity contribution in [2.75, 3.05) is 10.6 Å². The third kappa shape index (κ3) is 8.87. The second-order valence-electron chi connectivity index (χ2n) is 10.1. The van der Waals surface area contributed by atoms with E-state index in [1.54, 1.807) is 97.2 Å². The highest BCUT2D eigenvalue weighted by molar-refractivity contribution is 8.00. The fourth-order valence-electron chi connectivity index (χ4n) is 4.28. The molecule has 5 rings (SSSR count). The molecule has 5 aromatic rings. The maximum Gasteiger partial charge on any atom is 0.272 e. The van der Waals surface area contributed by atoms with Gasteiger partial charge in [0.1, 0.15) is 5.70 Å². The van der Waals surface area contributed by atoms with E-state index in [0.717, 1.165) is 0 Å². The first-order valence-electron chi connectivity index (χ1n) is 14.2. The summed E-state index contributed by atoms with van der Waals surface area (Å²) >= 11 is 15.0. The number of carbonyl (C=O) groups excluding carboxylic acids is 3. The number of thiazole rings is 1. The summed E-state index contributed by atoms with van der Waals surface area (Å²) in [5.41, 5.74) is 2.18. The second kappa shape index (κ2) is 15.7. The largest absolute Gasteiger partial charge is 0.321 e. The zero-order valence-electron chi connectivity index (χ0n) is 25.0. The Hall–Kier alpha value is -5.01. The fourth-order valence-corrected chi connectivity index (χ4v) is 6.29. The zero-order chi connectivity index (χ0) is 34.2. The number of aromatic nitrogens is 1. The average molecular weight is 719 g/mol. The Labute approximate surface area is 293 Å². The van der Waals surface area contributed by atoms with E-state index >= 15 is 0 Å². The number of nitro groups is 1. The molecule has 0 aliphatic rings. The maximum absolute atomic E-state index is 13.5. The van der Waals surface area contributed by atoms with Gasteiger partial charge in [0.05, 0.1) is 25.9 Å². The molecule has 0 spiro atoms. The van der Waals surface area contributed by atoms with Gasteiger partial charge < -0.3 is 16.0 Å². The minimum atomic E-state index is -0.605. The van der Waals surface area contributed by atoms with Gasteiger partial charge in [0, 0.05) is 39.2 Å². The van der Waals surface area contributed by atoms with E-state index in [1.807, 2.05) is 0 Å². The van der Waals surface area contributed by atoms with Crippen molar-refractivity contribution in [1.29, 1.82) is 0 Å². The lowest BCUT2D eigenvalue weighted by Gasteiger charge is -2.14. The zero-order valence-corrected chi connectivity index (χ0v) is 28.1. The Balaban J connectivity index is 1.27. The molecule has 242 valence electrons. The first kappa shape index (κ1) is 34.3. The third-order valence-electron chi connectivity index (χ3n) is 6.67. The molecule has 0 aliphatic carbocycles. The van der Waals surface area contributed by atoms with Crippen LogP contribution in [0.5, 0.6) is 0 Å². The topological polar surface area (TPSA) is 143 Å². The molecule has 1 atom stereocenters. The molecule has 10 nitrogen and oxygen atoms in total. The Bertz CT molecular complexity index is 2040. The number of amides is 3. The van der Waals surface area contributed by atoms with Crippen LogP contribution < -0.4 is 16.0 Å². The number of non-ortho nitro benzene ring substituents is 1. The molecule has 1 unspecified atom stereocenters. The fraction of sp³-hybridized carbons (Fsp3) is 0.0588. The van der Waals surface area contributed by atoms with Crippen molar-refractivity contribution < 1.29 is 19.3 Å². The van der Waals surface area contributed by atoms with Gasteiger partial charge in [-0.25, -0.2) is 4.98 Å². The summed E-state index contributed by atoms with van der Waals surface area (Å²) in [5, 5.41) is 21.4. The highest BCUT2D eigenvalue weighted by atomic mass is 35.5. The van der Waals surface area contributed by atoms with E-state index in [4.69, 9.17) is 23.2 Å². The predicted molar refractivity (Wildman–Crippen MR) is 192 cm³/mol. The first-order chi connectivity index (χ1) is 23.1. The number of rotatable bonds is 11. The van der Waals surface area contributed by atoms with Gasteiger partial charge in [0.25, 0.3) is 17.5 Å². The monoisotopic (exact) mass is 717 g/mol. The summed E-state index contributed by atoms with van der Waals surface area (Å²) < 4.78 is 0. The molecule has 0 fully saturated rings. The van der Waals surface area contributed by atoms with Crippen LogP contribution in [-0.2, 0) is 9.59 Å². The maximum atomic E-state index is 13.5. The van der Waals surface area contributed by atoms with Crippen molar-refractivity contribution in [3.05, 3.63) is 139 Å². The molecule has 0 radical (unpaired) electrons. The summed E-state index contributed by atoms with van der Waals surface area (Å²) in [4.78, 5) is 55.2. The normalized spacial score (nSPS) is 11.8. The number of halogens is 2. The van der Waals surface area contributed by atoms with E-state index < -0.39 is 22.0 Å². The minimum absolute atomic E-state index is 0.0517. The van der Waals surface area contributed by atoms with Gasteiger partial charge in [0.15, 0.2) is 5.13 Å². The van der Waals surface area contributed by atoms with Gasteiger partial charge in [0.2, 0.25) is 5.91 Å². The van der Waals surface area contributed by atoms with Crippen LogP contribution in [0.3, 0.4) is 0 Å². The highest BCUT2D eigenvalue weighted by Gasteiger charge is 2.19. The van der Waals surface area contributed by atoms with Crippen LogP contribution in [0.15, 0.2) is 113 Å². The Morgan fingerprint density at radius 1 is 0.938 bits per heavy atom. The number of thioether (sulfide) groups is 1. The molecule has 0 aliphatic heterocycles. The van der Waals surface area contributed by atoms with Crippen LogP contribution in [0, 0.1) is 10.1 Å². The lowest BCUT2D eigenvalue weighted by Crippen LogP contribution is -2.30. The van der Waals surface area contributed by atoms with Gasteiger partial charge >= 0.3 is 0 Å². The third-order valence-corrected chi connectivity index (χ3v) is 9.36. The Morgan fingerprint density at radius 2 is 1.69 bits per heavy atom. The number of benzene rings is 4. The van der Waals surface area contributed by atoms with Gasteiger partial charge in [-0.15, -0.1) is 23.1 Å². The molecule has 48 heavy (non-hydrogen) atoms. The molecule has 1 aromatic heterocycles. The minimum Gasteiger partial charge on any atom is -0.321 e.